The first kappa shape index (κ1) is 12.8. The van der Waals surface area contributed by atoms with Gasteiger partial charge in [-0.15, -0.1) is 11.3 Å². The van der Waals surface area contributed by atoms with Crippen molar-refractivity contribution in [2.24, 2.45) is 11.7 Å². The molecule has 20 heavy (non-hydrogen) atoms. The van der Waals surface area contributed by atoms with E-state index in [2.05, 4.69) is 29.2 Å². The SMILES string of the molecule is NCc1sc2ccccc2c1CN(CC1CC1)C1CC1. The van der Waals surface area contributed by atoms with Gasteiger partial charge in [0.2, 0.25) is 0 Å². The van der Waals surface area contributed by atoms with Gasteiger partial charge in [0, 0.05) is 35.3 Å². The predicted molar refractivity (Wildman–Crippen MR) is 85.9 cm³/mol. The van der Waals surface area contributed by atoms with Crippen LogP contribution in [0.1, 0.15) is 36.1 Å². The zero-order valence-electron chi connectivity index (χ0n) is 11.8. The summed E-state index contributed by atoms with van der Waals surface area (Å²) >= 11 is 1.88. The number of nitrogens with zero attached hydrogens (tertiary/aromatic N) is 1. The van der Waals surface area contributed by atoms with Gasteiger partial charge in [0.1, 0.15) is 0 Å². The molecule has 0 spiro atoms. The summed E-state index contributed by atoms with van der Waals surface area (Å²) in [5.41, 5.74) is 7.49. The van der Waals surface area contributed by atoms with Crippen LogP contribution in [0.5, 0.6) is 0 Å². The standard InChI is InChI=1S/C17H22N2S/c18-9-17-15(14-3-1-2-4-16(14)20-17)11-19(13-7-8-13)10-12-5-6-12/h1-4,12-13H,5-11,18H2. The third-order valence-corrected chi connectivity index (χ3v) is 5.82. The van der Waals surface area contributed by atoms with E-state index in [-0.39, 0.29) is 0 Å². The molecule has 2 fully saturated rings. The molecule has 2 aliphatic carbocycles. The molecule has 2 aliphatic rings. The maximum Gasteiger partial charge on any atom is 0.0349 e. The molecule has 3 heteroatoms. The lowest BCUT2D eigenvalue weighted by atomic mass is 10.1. The van der Waals surface area contributed by atoms with Gasteiger partial charge in [-0.2, -0.15) is 0 Å². The Hall–Kier alpha value is -0.900. The number of thiophene rings is 1. The Balaban J connectivity index is 1.65. The van der Waals surface area contributed by atoms with Crippen molar-refractivity contribution >= 4 is 21.4 Å². The highest BCUT2D eigenvalue weighted by Crippen LogP contribution is 2.38. The van der Waals surface area contributed by atoms with Gasteiger partial charge in [0.25, 0.3) is 0 Å². The van der Waals surface area contributed by atoms with E-state index in [0.29, 0.717) is 6.54 Å². The van der Waals surface area contributed by atoms with Crippen molar-refractivity contribution in [3.8, 4) is 0 Å². The minimum atomic E-state index is 0.677. The van der Waals surface area contributed by atoms with E-state index in [4.69, 9.17) is 5.73 Å². The van der Waals surface area contributed by atoms with Crippen molar-refractivity contribution in [3.05, 3.63) is 34.7 Å². The van der Waals surface area contributed by atoms with E-state index in [1.54, 1.807) is 0 Å². The molecule has 0 atom stereocenters. The highest BCUT2D eigenvalue weighted by Gasteiger charge is 2.34. The summed E-state index contributed by atoms with van der Waals surface area (Å²) in [4.78, 5) is 4.11. The summed E-state index contributed by atoms with van der Waals surface area (Å²) < 4.78 is 1.39. The van der Waals surface area contributed by atoms with Crippen LogP contribution >= 0.6 is 11.3 Å². The number of nitrogens with two attached hydrogens (primary N) is 1. The molecule has 0 radical (unpaired) electrons. The lowest BCUT2D eigenvalue weighted by Gasteiger charge is -2.22. The lowest BCUT2D eigenvalue weighted by molar-refractivity contribution is 0.244. The molecular weight excluding hydrogens is 264 g/mol. The topological polar surface area (TPSA) is 29.3 Å². The summed E-state index contributed by atoms with van der Waals surface area (Å²) in [6, 6.07) is 9.63. The van der Waals surface area contributed by atoms with Crippen LogP contribution in [-0.4, -0.2) is 17.5 Å². The van der Waals surface area contributed by atoms with Gasteiger partial charge in [-0.25, -0.2) is 0 Å². The minimum absolute atomic E-state index is 0.677. The molecule has 0 bridgehead atoms. The van der Waals surface area contributed by atoms with Crippen molar-refractivity contribution in [1.82, 2.24) is 4.90 Å². The Morgan fingerprint density at radius 1 is 1.15 bits per heavy atom. The zero-order chi connectivity index (χ0) is 13.5. The second-order valence-electron chi connectivity index (χ2n) is 6.31. The summed E-state index contributed by atoms with van der Waals surface area (Å²) in [5.74, 6) is 0.974. The fourth-order valence-electron chi connectivity index (χ4n) is 3.11. The highest BCUT2D eigenvalue weighted by molar-refractivity contribution is 7.19. The largest absolute Gasteiger partial charge is 0.326 e. The van der Waals surface area contributed by atoms with Crippen molar-refractivity contribution in [2.45, 2.75) is 44.8 Å². The molecule has 1 aromatic heterocycles. The van der Waals surface area contributed by atoms with E-state index in [9.17, 15) is 0 Å². The van der Waals surface area contributed by atoms with Gasteiger partial charge in [-0.05, 0) is 48.6 Å². The number of benzene rings is 1. The molecule has 2 nitrogen and oxygen atoms in total. The predicted octanol–water partition coefficient (Wildman–Crippen LogP) is 3.73. The van der Waals surface area contributed by atoms with E-state index >= 15 is 0 Å². The molecule has 1 aromatic carbocycles. The molecule has 0 unspecified atom stereocenters. The number of fused-ring (bicyclic) bond motifs is 1. The second-order valence-corrected chi connectivity index (χ2v) is 7.44. The minimum Gasteiger partial charge on any atom is -0.326 e. The Morgan fingerprint density at radius 2 is 1.95 bits per heavy atom. The summed E-state index contributed by atoms with van der Waals surface area (Å²) in [7, 11) is 0. The van der Waals surface area contributed by atoms with Gasteiger partial charge in [0.15, 0.2) is 0 Å². The van der Waals surface area contributed by atoms with Crippen LogP contribution in [0.2, 0.25) is 0 Å². The first-order valence-corrected chi connectivity index (χ1v) is 8.60. The monoisotopic (exact) mass is 286 g/mol. The number of hydrogen-bond acceptors (Lipinski definition) is 3. The molecule has 4 rings (SSSR count). The Morgan fingerprint density at radius 3 is 2.65 bits per heavy atom. The Kier molecular flexibility index (Phi) is 3.29. The molecule has 1 heterocycles. The smallest absolute Gasteiger partial charge is 0.0349 e. The number of rotatable bonds is 6. The van der Waals surface area contributed by atoms with E-state index in [1.165, 1.54) is 52.8 Å². The average molecular weight is 286 g/mol. The van der Waals surface area contributed by atoms with Gasteiger partial charge in [0.05, 0.1) is 0 Å². The fourth-order valence-corrected chi connectivity index (χ4v) is 4.20. The molecule has 0 saturated heterocycles. The van der Waals surface area contributed by atoms with Crippen molar-refractivity contribution in [1.29, 1.82) is 0 Å². The van der Waals surface area contributed by atoms with Crippen LogP contribution in [0.15, 0.2) is 24.3 Å². The van der Waals surface area contributed by atoms with Crippen LogP contribution in [0.4, 0.5) is 0 Å². The van der Waals surface area contributed by atoms with Crippen LogP contribution in [0.25, 0.3) is 10.1 Å². The Bertz CT molecular complexity index is 610. The molecular formula is C17H22N2S. The molecule has 2 aromatic rings. The highest BCUT2D eigenvalue weighted by atomic mass is 32.1. The van der Waals surface area contributed by atoms with E-state index < -0.39 is 0 Å². The fraction of sp³-hybridized carbons (Fsp3) is 0.529. The van der Waals surface area contributed by atoms with Crippen LogP contribution in [-0.2, 0) is 13.1 Å². The lowest BCUT2D eigenvalue weighted by Crippen LogP contribution is -2.28. The zero-order valence-corrected chi connectivity index (χ0v) is 12.7. The van der Waals surface area contributed by atoms with Crippen LogP contribution < -0.4 is 5.73 Å². The molecule has 0 amide bonds. The van der Waals surface area contributed by atoms with Crippen LogP contribution in [0, 0.1) is 5.92 Å². The molecule has 2 saturated carbocycles. The van der Waals surface area contributed by atoms with Crippen LogP contribution in [0.3, 0.4) is 0 Å². The summed E-state index contributed by atoms with van der Waals surface area (Å²) in [5, 5.41) is 1.43. The summed E-state index contributed by atoms with van der Waals surface area (Å²) in [6.07, 6.45) is 5.67. The van der Waals surface area contributed by atoms with Gasteiger partial charge < -0.3 is 5.73 Å². The van der Waals surface area contributed by atoms with E-state index in [0.717, 1.165) is 18.5 Å². The quantitative estimate of drug-likeness (QED) is 0.876. The molecule has 0 aliphatic heterocycles. The van der Waals surface area contributed by atoms with Gasteiger partial charge in [-0.1, -0.05) is 18.2 Å². The van der Waals surface area contributed by atoms with Gasteiger partial charge in [-0.3, -0.25) is 4.90 Å². The van der Waals surface area contributed by atoms with Crippen molar-refractivity contribution < 1.29 is 0 Å². The first-order valence-electron chi connectivity index (χ1n) is 7.78. The maximum absolute atomic E-state index is 5.99. The van der Waals surface area contributed by atoms with Crippen molar-refractivity contribution in [2.75, 3.05) is 6.54 Å². The number of hydrogen-bond donors (Lipinski definition) is 1. The molecule has 106 valence electrons. The van der Waals surface area contributed by atoms with E-state index in [1.807, 2.05) is 11.3 Å². The molecule has 2 N–H and O–H groups in total. The third kappa shape index (κ3) is 2.50. The maximum atomic E-state index is 5.99. The summed E-state index contributed by atoms with van der Waals surface area (Å²) in [6.45, 7) is 3.09. The second kappa shape index (κ2) is 5.14. The first-order chi connectivity index (χ1) is 9.85. The van der Waals surface area contributed by atoms with Crippen molar-refractivity contribution in [3.63, 3.8) is 0 Å². The van der Waals surface area contributed by atoms with Gasteiger partial charge >= 0.3 is 0 Å². The third-order valence-electron chi connectivity index (χ3n) is 4.58. The Labute approximate surface area is 124 Å². The average Bonchev–Trinajstić information content (AvgIpc) is 3.36. The normalized spacial score (nSPS) is 19.1.